The SMILES string of the molecule is COc1ncc(Cl)c(N2CCC3(C2)NC(=O)N(C(C)C)C3=O)n1. The summed E-state index contributed by atoms with van der Waals surface area (Å²) in [6, 6.07) is -0.326. The number of rotatable bonds is 3. The summed E-state index contributed by atoms with van der Waals surface area (Å²) in [6.07, 6.45) is 1.96. The Bertz CT molecular complexity index is 668. The molecule has 1 spiro atoms. The van der Waals surface area contributed by atoms with E-state index in [9.17, 15) is 9.59 Å². The maximum Gasteiger partial charge on any atom is 0.325 e. The molecular formula is C14H18ClN5O3. The first-order valence-electron chi connectivity index (χ1n) is 7.35. The molecule has 1 N–H and O–H groups in total. The van der Waals surface area contributed by atoms with Gasteiger partial charge in [0.15, 0.2) is 5.82 Å². The number of methoxy groups -OCH3 is 1. The van der Waals surface area contributed by atoms with Crippen LogP contribution in [0.3, 0.4) is 0 Å². The molecule has 1 atom stereocenters. The highest BCUT2D eigenvalue weighted by Gasteiger charge is 2.55. The molecule has 2 fully saturated rings. The van der Waals surface area contributed by atoms with Crippen LogP contribution in [0.2, 0.25) is 5.02 Å². The molecule has 2 aliphatic rings. The normalized spacial score (nSPS) is 24.0. The van der Waals surface area contributed by atoms with Gasteiger partial charge < -0.3 is 15.0 Å². The second-order valence-corrected chi connectivity index (χ2v) is 6.39. The fourth-order valence-corrected chi connectivity index (χ4v) is 3.25. The molecule has 9 heteroatoms. The quantitative estimate of drug-likeness (QED) is 0.828. The van der Waals surface area contributed by atoms with Crippen molar-refractivity contribution in [2.45, 2.75) is 31.8 Å². The number of anilines is 1. The summed E-state index contributed by atoms with van der Waals surface area (Å²) in [5, 5.41) is 3.21. The third-order valence-electron chi connectivity index (χ3n) is 4.16. The summed E-state index contributed by atoms with van der Waals surface area (Å²) in [6.45, 7) is 4.50. The van der Waals surface area contributed by atoms with Crippen molar-refractivity contribution in [3.8, 4) is 6.01 Å². The first-order valence-corrected chi connectivity index (χ1v) is 7.73. The number of hydrogen-bond donors (Lipinski definition) is 1. The molecule has 1 aromatic rings. The highest BCUT2D eigenvalue weighted by molar-refractivity contribution is 6.32. The van der Waals surface area contributed by atoms with Crippen LogP contribution in [0.4, 0.5) is 10.6 Å². The number of amides is 3. The van der Waals surface area contributed by atoms with E-state index in [4.69, 9.17) is 16.3 Å². The van der Waals surface area contributed by atoms with E-state index in [0.717, 1.165) is 0 Å². The molecule has 0 aromatic carbocycles. The van der Waals surface area contributed by atoms with Crippen molar-refractivity contribution in [2.75, 3.05) is 25.1 Å². The van der Waals surface area contributed by atoms with Gasteiger partial charge in [0.25, 0.3) is 5.91 Å². The molecule has 124 valence electrons. The Morgan fingerprint density at radius 1 is 1.43 bits per heavy atom. The van der Waals surface area contributed by atoms with Crippen LogP contribution in [0.15, 0.2) is 6.20 Å². The molecule has 23 heavy (non-hydrogen) atoms. The molecule has 0 saturated carbocycles. The van der Waals surface area contributed by atoms with E-state index in [1.165, 1.54) is 18.2 Å². The molecule has 1 unspecified atom stereocenters. The molecule has 1 aromatic heterocycles. The predicted octanol–water partition coefficient (Wildman–Crippen LogP) is 1.05. The van der Waals surface area contributed by atoms with Crippen LogP contribution in [0.1, 0.15) is 20.3 Å². The molecule has 0 aliphatic carbocycles. The zero-order valence-corrected chi connectivity index (χ0v) is 13.9. The number of aromatic nitrogens is 2. The van der Waals surface area contributed by atoms with Gasteiger partial charge in [-0.1, -0.05) is 11.6 Å². The van der Waals surface area contributed by atoms with Gasteiger partial charge in [0.05, 0.1) is 19.9 Å². The van der Waals surface area contributed by atoms with E-state index in [1.807, 2.05) is 18.7 Å². The van der Waals surface area contributed by atoms with Crippen LogP contribution in [-0.4, -0.2) is 58.6 Å². The molecular weight excluding hydrogens is 322 g/mol. The van der Waals surface area contributed by atoms with Gasteiger partial charge in [-0.25, -0.2) is 9.78 Å². The van der Waals surface area contributed by atoms with Crippen LogP contribution >= 0.6 is 11.6 Å². The van der Waals surface area contributed by atoms with E-state index < -0.39 is 5.54 Å². The lowest BCUT2D eigenvalue weighted by Gasteiger charge is -2.24. The number of nitrogens with zero attached hydrogens (tertiary/aromatic N) is 4. The van der Waals surface area contributed by atoms with Crippen molar-refractivity contribution in [3.63, 3.8) is 0 Å². The fraction of sp³-hybridized carbons (Fsp3) is 0.571. The Kier molecular flexibility index (Phi) is 3.79. The predicted molar refractivity (Wildman–Crippen MR) is 83.7 cm³/mol. The van der Waals surface area contributed by atoms with Crippen LogP contribution in [0.25, 0.3) is 0 Å². The number of hydrogen-bond acceptors (Lipinski definition) is 6. The lowest BCUT2D eigenvalue weighted by Crippen LogP contribution is -2.49. The van der Waals surface area contributed by atoms with Crippen LogP contribution in [0, 0.1) is 0 Å². The van der Waals surface area contributed by atoms with Gasteiger partial charge in [-0.3, -0.25) is 9.69 Å². The second kappa shape index (κ2) is 5.52. The third-order valence-corrected chi connectivity index (χ3v) is 4.43. The number of carbonyl (C=O) groups excluding carboxylic acids is 2. The Balaban J connectivity index is 1.87. The summed E-state index contributed by atoms with van der Waals surface area (Å²) >= 11 is 6.17. The average molecular weight is 340 g/mol. The highest BCUT2D eigenvalue weighted by Crippen LogP contribution is 2.34. The minimum atomic E-state index is -0.914. The largest absolute Gasteiger partial charge is 0.467 e. The summed E-state index contributed by atoms with van der Waals surface area (Å²) in [4.78, 5) is 36.1. The number of imide groups is 1. The molecule has 3 heterocycles. The van der Waals surface area contributed by atoms with Crippen LogP contribution in [-0.2, 0) is 4.79 Å². The van der Waals surface area contributed by atoms with Crippen molar-refractivity contribution >= 4 is 29.4 Å². The Labute approximate surface area is 138 Å². The minimum Gasteiger partial charge on any atom is -0.467 e. The molecule has 3 amide bonds. The zero-order chi connectivity index (χ0) is 16.8. The Hall–Kier alpha value is -2.09. The number of halogens is 1. The smallest absolute Gasteiger partial charge is 0.325 e. The van der Waals surface area contributed by atoms with Gasteiger partial charge in [0, 0.05) is 12.6 Å². The lowest BCUT2D eigenvalue weighted by molar-refractivity contribution is -0.131. The van der Waals surface area contributed by atoms with Crippen molar-refractivity contribution in [3.05, 3.63) is 11.2 Å². The minimum absolute atomic E-state index is 0.182. The molecule has 8 nitrogen and oxygen atoms in total. The van der Waals surface area contributed by atoms with E-state index in [-0.39, 0.29) is 24.0 Å². The summed E-state index contributed by atoms with van der Waals surface area (Å²) < 4.78 is 5.02. The zero-order valence-electron chi connectivity index (χ0n) is 13.2. The summed E-state index contributed by atoms with van der Waals surface area (Å²) in [5.74, 6) is 0.303. The van der Waals surface area contributed by atoms with Crippen molar-refractivity contribution in [1.29, 1.82) is 0 Å². The highest BCUT2D eigenvalue weighted by atomic mass is 35.5. The average Bonchev–Trinajstić information content (AvgIpc) is 3.02. The van der Waals surface area contributed by atoms with E-state index in [1.54, 1.807) is 0 Å². The number of carbonyl (C=O) groups is 2. The van der Waals surface area contributed by atoms with Crippen molar-refractivity contribution in [1.82, 2.24) is 20.2 Å². The summed E-state index contributed by atoms with van der Waals surface area (Å²) in [7, 11) is 1.47. The molecule has 0 bridgehead atoms. The Morgan fingerprint density at radius 2 is 2.17 bits per heavy atom. The molecule has 3 rings (SSSR count). The van der Waals surface area contributed by atoms with E-state index in [0.29, 0.717) is 30.4 Å². The van der Waals surface area contributed by atoms with E-state index >= 15 is 0 Å². The Morgan fingerprint density at radius 3 is 2.78 bits per heavy atom. The van der Waals surface area contributed by atoms with Crippen molar-refractivity contribution < 1.29 is 14.3 Å². The first kappa shape index (κ1) is 15.8. The van der Waals surface area contributed by atoms with E-state index in [2.05, 4.69) is 15.3 Å². The van der Waals surface area contributed by atoms with Gasteiger partial charge in [0.2, 0.25) is 0 Å². The van der Waals surface area contributed by atoms with Gasteiger partial charge in [-0.05, 0) is 20.3 Å². The lowest BCUT2D eigenvalue weighted by atomic mass is 9.99. The number of nitrogens with one attached hydrogen (secondary N) is 1. The van der Waals surface area contributed by atoms with Crippen LogP contribution in [0.5, 0.6) is 6.01 Å². The number of ether oxygens (including phenoxy) is 1. The second-order valence-electron chi connectivity index (χ2n) is 5.98. The molecule has 2 aliphatic heterocycles. The monoisotopic (exact) mass is 339 g/mol. The topological polar surface area (TPSA) is 87.7 Å². The van der Waals surface area contributed by atoms with Crippen molar-refractivity contribution in [2.24, 2.45) is 0 Å². The fourth-order valence-electron chi connectivity index (χ4n) is 3.04. The van der Waals surface area contributed by atoms with Gasteiger partial charge in [-0.15, -0.1) is 0 Å². The third kappa shape index (κ3) is 2.46. The number of urea groups is 1. The van der Waals surface area contributed by atoms with Gasteiger partial charge in [-0.2, -0.15) is 4.98 Å². The molecule has 0 radical (unpaired) electrons. The van der Waals surface area contributed by atoms with Gasteiger partial charge >= 0.3 is 12.0 Å². The maximum atomic E-state index is 12.7. The summed E-state index contributed by atoms with van der Waals surface area (Å²) in [5.41, 5.74) is -0.914. The van der Waals surface area contributed by atoms with Crippen LogP contribution < -0.4 is 15.0 Å². The molecule has 2 saturated heterocycles. The standard InChI is InChI=1S/C14H18ClN5O3/c1-8(2)20-11(21)14(18-13(20)22)4-5-19(7-14)10-9(15)6-16-12(17-10)23-3/h6,8H,4-5,7H2,1-3H3,(H,18,22). The van der Waals surface area contributed by atoms with Gasteiger partial charge in [0.1, 0.15) is 10.6 Å². The maximum absolute atomic E-state index is 12.7. The first-order chi connectivity index (χ1) is 10.9.